The van der Waals surface area contributed by atoms with Crippen molar-refractivity contribution >= 4 is 23.7 Å². The summed E-state index contributed by atoms with van der Waals surface area (Å²) in [5.41, 5.74) is -0.111. The molecule has 1 unspecified atom stereocenters. The second-order valence-corrected chi connectivity index (χ2v) is 5.19. The average molecular weight is 218 g/mol. The summed E-state index contributed by atoms with van der Waals surface area (Å²) >= 11 is 1.33. The molecule has 4 nitrogen and oxygen atoms in total. The number of hydrogen-bond acceptors (Lipinski definition) is 3. The third-order valence-corrected chi connectivity index (χ3v) is 3.95. The number of rotatable bonds is 6. The lowest BCUT2D eigenvalue weighted by Crippen LogP contribution is -2.17. The van der Waals surface area contributed by atoms with Gasteiger partial charge in [-0.2, -0.15) is 0 Å². The molecule has 14 heavy (non-hydrogen) atoms. The van der Waals surface area contributed by atoms with Crippen molar-refractivity contribution in [2.45, 2.75) is 31.4 Å². The number of carboxylic acid groups (broad SMARTS) is 2. The predicted molar refractivity (Wildman–Crippen MR) is 53.5 cm³/mol. The zero-order valence-corrected chi connectivity index (χ0v) is 8.84. The third-order valence-electron chi connectivity index (χ3n) is 2.47. The molecule has 0 radical (unpaired) electrons. The Kier molecular flexibility index (Phi) is 3.42. The van der Waals surface area contributed by atoms with Gasteiger partial charge >= 0.3 is 11.9 Å². The lowest BCUT2D eigenvalue weighted by Gasteiger charge is -2.13. The molecule has 80 valence electrons. The molecule has 0 aromatic heterocycles. The summed E-state index contributed by atoms with van der Waals surface area (Å²) in [4.78, 5) is 21.0. The van der Waals surface area contributed by atoms with Gasteiger partial charge in [-0.25, -0.2) is 0 Å². The lowest BCUT2D eigenvalue weighted by atomic mass is 10.1. The molecule has 1 aliphatic rings. The normalized spacial score (nSPS) is 20.1. The van der Waals surface area contributed by atoms with Gasteiger partial charge in [0, 0.05) is 5.75 Å². The van der Waals surface area contributed by atoms with Crippen LogP contribution in [-0.2, 0) is 9.59 Å². The Morgan fingerprint density at radius 3 is 2.36 bits per heavy atom. The number of carboxylic acids is 2. The SMILES string of the molecule is CC(SCC1(CC(=O)O)CC1)C(=O)O. The van der Waals surface area contributed by atoms with E-state index in [0.717, 1.165) is 12.8 Å². The van der Waals surface area contributed by atoms with E-state index in [2.05, 4.69) is 0 Å². The highest BCUT2D eigenvalue weighted by atomic mass is 32.2. The van der Waals surface area contributed by atoms with Gasteiger partial charge < -0.3 is 10.2 Å². The highest BCUT2D eigenvalue weighted by Crippen LogP contribution is 2.51. The minimum Gasteiger partial charge on any atom is -0.481 e. The summed E-state index contributed by atoms with van der Waals surface area (Å²) < 4.78 is 0. The molecule has 0 aromatic carbocycles. The number of thioether (sulfide) groups is 1. The monoisotopic (exact) mass is 218 g/mol. The molecule has 1 saturated carbocycles. The maximum atomic E-state index is 10.5. The fraction of sp³-hybridized carbons (Fsp3) is 0.778. The van der Waals surface area contributed by atoms with Crippen LogP contribution in [0.2, 0.25) is 0 Å². The Bertz CT molecular complexity index is 247. The molecule has 0 aliphatic heterocycles. The largest absolute Gasteiger partial charge is 0.481 e. The Morgan fingerprint density at radius 2 is 2.00 bits per heavy atom. The average Bonchev–Trinajstić information content (AvgIpc) is 2.80. The van der Waals surface area contributed by atoms with Crippen molar-refractivity contribution < 1.29 is 19.8 Å². The maximum absolute atomic E-state index is 10.5. The standard InChI is InChI=1S/C9H14O4S/c1-6(8(12)13)14-5-9(2-3-9)4-7(10)11/h6H,2-5H2,1H3,(H,10,11)(H,12,13). The molecule has 5 heteroatoms. The first kappa shape index (κ1) is 11.4. The van der Waals surface area contributed by atoms with Crippen LogP contribution in [0, 0.1) is 5.41 Å². The van der Waals surface area contributed by atoms with Crippen LogP contribution in [0.3, 0.4) is 0 Å². The van der Waals surface area contributed by atoms with Crippen LogP contribution < -0.4 is 0 Å². The van der Waals surface area contributed by atoms with Gasteiger partial charge in [0.1, 0.15) is 0 Å². The zero-order chi connectivity index (χ0) is 10.8. The molecule has 1 aliphatic carbocycles. The van der Waals surface area contributed by atoms with E-state index in [1.165, 1.54) is 11.8 Å². The lowest BCUT2D eigenvalue weighted by molar-refractivity contribution is -0.138. The molecule has 1 rings (SSSR count). The highest BCUT2D eigenvalue weighted by Gasteiger charge is 2.44. The molecule has 0 saturated heterocycles. The zero-order valence-electron chi connectivity index (χ0n) is 8.02. The fourth-order valence-electron chi connectivity index (χ4n) is 1.24. The van der Waals surface area contributed by atoms with Gasteiger partial charge in [0.15, 0.2) is 0 Å². The van der Waals surface area contributed by atoms with Gasteiger partial charge in [-0.15, -0.1) is 11.8 Å². The Labute approximate surface area is 86.7 Å². The summed E-state index contributed by atoms with van der Waals surface area (Å²) in [6.45, 7) is 1.63. The van der Waals surface area contributed by atoms with Crippen molar-refractivity contribution in [1.29, 1.82) is 0 Å². The van der Waals surface area contributed by atoms with E-state index in [1.54, 1.807) is 6.92 Å². The van der Waals surface area contributed by atoms with Crippen molar-refractivity contribution in [3.05, 3.63) is 0 Å². The fourth-order valence-corrected chi connectivity index (χ4v) is 2.38. The smallest absolute Gasteiger partial charge is 0.316 e. The van der Waals surface area contributed by atoms with Gasteiger partial charge in [-0.1, -0.05) is 0 Å². The molecule has 2 N–H and O–H groups in total. The first-order valence-corrected chi connectivity index (χ1v) is 5.56. The van der Waals surface area contributed by atoms with E-state index < -0.39 is 17.2 Å². The van der Waals surface area contributed by atoms with Crippen LogP contribution in [0.5, 0.6) is 0 Å². The number of aliphatic carboxylic acids is 2. The van der Waals surface area contributed by atoms with E-state index in [0.29, 0.717) is 5.75 Å². The number of carbonyl (C=O) groups is 2. The second-order valence-electron chi connectivity index (χ2n) is 3.86. The van der Waals surface area contributed by atoms with Gasteiger partial charge in [0.25, 0.3) is 0 Å². The molecule has 0 spiro atoms. The third kappa shape index (κ3) is 3.21. The van der Waals surface area contributed by atoms with Crippen molar-refractivity contribution in [1.82, 2.24) is 0 Å². The van der Waals surface area contributed by atoms with E-state index in [9.17, 15) is 9.59 Å². The van der Waals surface area contributed by atoms with Crippen LogP contribution in [0.4, 0.5) is 0 Å². The van der Waals surface area contributed by atoms with E-state index in [1.807, 2.05) is 0 Å². The summed E-state index contributed by atoms with van der Waals surface area (Å²) in [6, 6.07) is 0. The first-order valence-electron chi connectivity index (χ1n) is 4.51. The van der Waals surface area contributed by atoms with Crippen LogP contribution >= 0.6 is 11.8 Å². The Hall–Kier alpha value is -0.710. The maximum Gasteiger partial charge on any atom is 0.316 e. The predicted octanol–water partition coefficient (Wildman–Crippen LogP) is 1.45. The molecule has 1 fully saturated rings. The van der Waals surface area contributed by atoms with Crippen LogP contribution in [0.15, 0.2) is 0 Å². The van der Waals surface area contributed by atoms with Crippen LogP contribution in [0.1, 0.15) is 26.2 Å². The van der Waals surface area contributed by atoms with Crippen molar-refractivity contribution in [3.8, 4) is 0 Å². The molecule has 0 aromatic rings. The Morgan fingerprint density at radius 1 is 1.43 bits per heavy atom. The van der Waals surface area contributed by atoms with Crippen molar-refractivity contribution in [2.75, 3.05) is 5.75 Å². The van der Waals surface area contributed by atoms with E-state index in [4.69, 9.17) is 10.2 Å². The minimum absolute atomic E-state index is 0.111. The number of hydrogen-bond donors (Lipinski definition) is 2. The molecule has 0 bridgehead atoms. The van der Waals surface area contributed by atoms with E-state index in [-0.39, 0.29) is 11.8 Å². The minimum atomic E-state index is -0.832. The summed E-state index contributed by atoms with van der Waals surface area (Å²) in [5, 5.41) is 16.8. The summed E-state index contributed by atoms with van der Waals surface area (Å²) in [6.07, 6.45) is 2.00. The second kappa shape index (κ2) is 4.21. The topological polar surface area (TPSA) is 74.6 Å². The van der Waals surface area contributed by atoms with Crippen molar-refractivity contribution in [3.63, 3.8) is 0 Å². The molecular weight excluding hydrogens is 204 g/mol. The molecule has 1 atom stereocenters. The van der Waals surface area contributed by atoms with Gasteiger partial charge in [0.05, 0.1) is 11.7 Å². The molecular formula is C9H14O4S. The quantitative estimate of drug-likeness (QED) is 0.705. The van der Waals surface area contributed by atoms with Crippen LogP contribution in [-0.4, -0.2) is 33.2 Å². The highest BCUT2D eigenvalue weighted by molar-refractivity contribution is 8.00. The molecule has 0 amide bonds. The van der Waals surface area contributed by atoms with Gasteiger partial charge in [-0.3, -0.25) is 9.59 Å². The van der Waals surface area contributed by atoms with E-state index >= 15 is 0 Å². The Balaban J connectivity index is 2.30. The summed E-state index contributed by atoms with van der Waals surface area (Å²) in [5.74, 6) is -0.973. The van der Waals surface area contributed by atoms with Crippen molar-refractivity contribution in [2.24, 2.45) is 5.41 Å². The summed E-state index contributed by atoms with van der Waals surface area (Å²) in [7, 11) is 0. The first-order chi connectivity index (χ1) is 6.45. The molecule has 0 heterocycles. The van der Waals surface area contributed by atoms with Gasteiger partial charge in [-0.05, 0) is 25.2 Å². The van der Waals surface area contributed by atoms with Gasteiger partial charge in [0.2, 0.25) is 0 Å². The van der Waals surface area contributed by atoms with Crippen LogP contribution in [0.25, 0.3) is 0 Å².